The van der Waals surface area contributed by atoms with Crippen molar-refractivity contribution in [2.24, 2.45) is 46.3 Å². The summed E-state index contributed by atoms with van der Waals surface area (Å²) in [5.41, 5.74) is -0.214. The molecule has 5 N–H and O–H groups in total. The molecule has 188 valence electrons. The lowest BCUT2D eigenvalue weighted by Gasteiger charge is -2.63. The van der Waals surface area contributed by atoms with Crippen molar-refractivity contribution in [3.05, 3.63) is 0 Å². The molecular weight excluding hydrogens is 422 g/mol. The number of aliphatic hydroxyl groups excluding tert-OH is 3. The van der Waals surface area contributed by atoms with Crippen molar-refractivity contribution in [1.29, 1.82) is 0 Å². The number of hydrogen-bond donors (Lipinski definition) is 5. The number of fused-ring (bicyclic) bond motifs is 5. The summed E-state index contributed by atoms with van der Waals surface area (Å²) in [6.07, 6.45) is 5.86. The van der Waals surface area contributed by atoms with Gasteiger partial charge in [0.1, 0.15) is 6.54 Å². The molecule has 0 aromatic rings. The minimum Gasteiger partial charge on any atom is -0.480 e. The van der Waals surface area contributed by atoms with Gasteiger partial charge in [0.25, 0.3) is 0 Å². The predicted molar refractivity (Wildman–Crippen MR) is 123 cm³/mol. The number of amides is 1. The summed E-state index contributed by atoms with van der Waals surface area (Å²) >= 11 is 0. The Bertz CT molecular complexity index is 759. The maximum Gasteiger partial charge on any atom is 0.322 e. The Morgan fingerprint density at radius 2 is 1.76 bits per heavy atom. The van der Waals surface area contributed by atoms with E-state index in [9.17, 15) is 24.9 Å². The molecule has 0 bridgehead atoms. The molecule has 0 heterocycles. The van der Waals surface area contributed by atoms with Gasteiger partial charge in [0, 0.05) is 6.42 Å². The first-order valence-corrected chi connectivity index (χ1v) is 13.0. The third-order valence-electron chi connectivity index (χ3n) is 10.8. The zero-order valence-electron chi connectivity index (χ0n) is 20.4. The fraction of sp³-hybridized carbons (Fsp3) is 0.923. The second-order valence-electron chi connectivity index (χ2n) is 12.2. The van der Waals surface area contributed by atoms with E-state index in [-0.39, 0.29) is 65.1 Å². The topological polar surface area (TPSA) is 127 Å². The fourth-order valence-corrected chi connectivity index (χ4v) is 8.95. The van der Waals surface area contributed by atoms with E-state index in [0.29, 0.717) is 25.2 Å². The predicted octanol–water partition coefficient (Wildman–Crippen LogP) is 2.56. The van der Waals surface area contributed by atoms with Gasteiger partial charge in [-0.1, -0.05) is 20.8 Å². The minimum atomic E-state index is -1.04. The van der Waals surface area contributed by atoms with Gasteiger partial charge in [-0.25, -0.2) is 0 Å². The molecule has 1 amide bonds. The molecule has 0 aromatic carbocycles. The summed E-state index contributed by atoms with van der Waals surface area (Å²) in [5.74, 6) is 0.265. The minimum absolute atomic E-state index is 0.0668. The first kappa shape index (κ1) is 24.9. The zero-order chi connectivity index (χ0) is 24.1. The molecule has 0 aromatic heterocycles. The first-order valence-electron chi connectivity index (χ1n) is 13.0. The summed E-state index contributed by atoms with van der Waals surface area (Å²) in [6.45, 7) is 6.35. The molecule has 4 aliphatic carbocycles. The van der Waals surface area contributed by atoms with Crippen LogP contribution in [0.3, 0.4) is 0 Å². The smallest absolute Gasteiger partial charge is 0.322 e. The highest BCUT2D eigenvalue weighted by atomic mass is 16.4. The maximum absolute atomic E-state index is 12.0. The van der Waals surface area contributed by atoms with Gasteiger partial charge in [0.2, 0.25) is 5.91 Å². The van der Waals surface area contributed by atoms with Crippen LogP contribution in [0.25, 0.3) is 0 Å². The zero-order valence-corrected chi connectivity index (χ0v) is 20.4. The van der Waals surface area contributed by atoms with Gasteiger partial charge in [-0.3, -0.25) is 9.59 Å². The van der Waals surface area contributed by atoms with Crippen molar-refractivity contribution in [2.45, 2.75) is 96.9 Å². The number of aliphatic carboxylic acids is 1. The molecule has 0 aliphatic heterocycles. The Morgan fingerprint density at radius 1 is 1.03 bits per heavy atom. The molecule has 0 unspecified atom stereocenters. The van der Waals surface area contributed by atoms with Crippen LogP contribution in [0.1, 0.15) is 78.6 Å². The van der Waals surface area contributed by atoms with Gasteiger partial charge in [0.15, 0.2) is 0 Å². The van der Waals surface area contributed by atoms with Crippen molar-refractivity contribution in [3.8, 4) is 0 Å². The molecular formula is C26H43NO6. The van der Waals surface area contributed by atoms with Crippen molar-refractivity contribution < 1.29 is 30.0 Å². The molecule has 33 heavy (non-hydrogen) atoms. The van der Waals surface area contributed by atoms with E-state index in [1.54, 1.807) is 0 Å². The average Bonchev–Trinajstić information content (AvgIpc) is 3.11. The number of aliphatic hydroxyl groups is 3. The van der Waals surface area contributed by atoms with Crippen molar-refractivity contribution >= 4 is 11.9 Å². The van der Waals surface area contributed by atoms with E-state index in [1.807, 2.05) is 0 Å². The monoisotopic (exact) mass is 465 g/mol. The molecule has 4 aliphatic rings. The summed E-state index contributed by atoms with van der Waals surface area (Å²) in [7, 11) is 0. The van der Waals surface area contributed by atoms with E-state index in [2.05, 4.69) is 26.1 Å². The van der Waals surface area contributed by atoms with Gasteiger partial charge in [-0.15, -0.1) is 0 Å². The molecule has 4 saturated carbocycles. The van der Waals surface area contributed by atoms with Gasteiger partial charge < -0.3 is 25.7 Å². The fourth-order valence-electron chi connectivity index (χ4n) is 8.95. The Labute approximate surface area is 197 Å². The van der Waals surface area contributed by atoms with E-state index in [4.69, 9.17) is 5.11 Å². The average molecular weight is 466 g/mol. The molecule has 11 atom stereocenters. The Morgan fingerprint density at radius 3 is 2.45 bits per heavy atom. The highest BCUT2D eigenvalue weighted by molar-refractivity contribution is 5.81. The van der Waals surface area contributed by atoms with Crippen LogP contribution in [-0.4, -0.2) is 57.2 Å². The lowest BCUT2D eigenvalue weighted by Crippen LogP contribution is -2.62. The highest BCUT2D eigenvalue weighted by Crippen LogP contribution is 2.68. The molecule has 7 nitrogen and oxygen atoms in total. The van der Waals surface area contributed by atoms with Gasteiger partial charge >= 0.3 is 5.97 Å². The van der Waals surface area contributed by atoms with Gasteiger partial charge in [-0.2, -0.15) is 0 Å². The van der Waals surface area contributed by atoms with Crippen molar-refractivity contribution in [2.75, 3.05) is 6.54 Å². The number of rotatable bonds is 6. The van der Waals surface area contributed by atoms with E-state index >= 15 is 0 Å². The molecule has 0 spiro atoms. The van der Waals surface area contributed by atoms with Crippen LogP contribution >= 0.6 is 0 Å². The van der Waals surface area contributed by atoms with Crippen LogP contribution in [0.5, 0.6) is 0 Å². The van der Waals surface area contributed by atoms with Crippen LogP contribution in [-0.2, 0) is 9.59 Å². The first-order chi connectivity index (χ1) is 15.5. The normalized spacial score (nSPS) is 47.7. The summed E-state index contributed by atoms with van der Waals surface area (Å²) in [6, 6.07) is 0. The Kier molecular flexibility index (Phi) is 6.89. The number of carbonyl (C=O) groups is 2. The number of carbonyl (C=O) groups excluding carboxylic acids is 1. The van der Waals surface area contributed by atoms with E-state index in [1.165, 1.54) is 0 Å². The van der Waals surface area contributed by atoms with Crippen LogP contribution in [0.2, 0.25) is 0 Å². The molecule has 4 rings (SSSR count). The number of carboxylic acids is 1. The third kappa shape index (κ3) is 4.23. The Balaban J connectivity index is 1.49. The quantitative estimate of drug-likeness (QED) is 0.410. The Hall–Kier alpha value is -1.18. The number of carboxylic acid groups (broad SMARTS) is 1. The SMILES string of the molecule is C[C@H](CCC(=O)NCC(=O)O)[C@@H]1CC[C@@H]2[C@@H]3[C@H](O)C[C@@H]4C[C@H](O)CC[C@]4(C)[C@@H]3C[C@H](O)[C@@]21C. The summed E-state index contributed by atoms with van der Waals surface area (Å²) in [5, 5.41) is 44.4. The number of hydrogen-bond acceptors (Lipinski definition) is 5. The lowest BCUT2D eigenvalue weighted by molar-refractivity contribution is -0.207. The molecule has 0 saturated heterocycles. The molecule has 4 fully saturated rings. The lowest BCUT2D eigenvalue weighted by atomic mass is 9.43. The van der Waals surface area contributed by atoms with Crippen LogP contribution < -0.4 is 5.32 Å². The second-order valence-corrected chi connectivity index (χ2v) is 12.2. The van der Waals surface area contributed by atoms with Crippen LogP contribution in [0.4, 0.5) is 0 Å². The second kappa shape index (κ2) is 9.12. The van der Waals surface area contributed by atoms with Gasteiger partial charge in [-0.05, 0) is 97.7 Å². The van der Waals surface area contributed by atoms with E-state index in [0.717, 1.165) is 38.5 Å². The van der Waals surface area contributed by atoms with Crippen molar-refractivity contribution in [3.63, 3.8) is 0 Å². The standard InChI is InChI=1S/C26H43NO6/c1-14(4-7-22(31)27-13-23(32)33)17-5-6-18-24-19(12-21(30)26(17,18)3)25(2)9-8-16(28)10-15(25)11-20(24)29/h14-21,24,28-30H,4-13H2,1-3H3,(H,27,31)(H,32,33)/t14-,15+,16-,17+,18-,19-,20-,21+,24+,25+,26-/m1/s1. The van der Waals surface area contributed by atoms with Crippen LogP contribution in [0, 0.1) is 46.3 Å². The number of nitrogens with one attached hydrogen (secondary N) is 1. The highest BCUT2D eigenvalue weighted by Gasteiger charge is 2.65. The van der Waals surface area contributed by atoms with Crippen molar-refractivity contribution in [1.82, 2.24) is 5.32 Å². The summed E-state index contributed by atoms with van der Waals surface area (Å²) in [4.78, 5) is 22.7. The summed E-state index contributed by atoms with van der Waals surface area (Å²) < 4.78 is 0. The largest absolute Gasteiger partial charge is 0.480 e. The van der Waals surface area contributed by atoms with Crippen LogP contribution in [0.15, 0.2) is 0 Å². The maximum atomic E-state index is 12.0. The van der Waals surface area contributed by atoms with E-state index < -0.39 is 12.1 Å². The van der Waals surface area contributed by atoms with Gasteiger partial charge in [0.05, 0.1) is 18.3 Å². The molecule has 0 radical (unpaired) electrons. The third-order valence-corrected chi connectivity index (χ3v) is 10.8. The molecule has 7 heteroatoms.